The standard InChI is InChI=1S/C24H25NO5S/c1-18-7-13-22(14-8-18)31(28,29)25-23(24(26)27)17-20-9-11-21(12-10-20)30-16-15-19-5-3-2-4-6-19/h2-14,23,25H,15-17H2,1H3,(H,26,27)/t23-/m0/s1. The van der Waals surface area contributed by atoms with Gasteiger partial charge in [0.1, 0.15) is 11.8 Å². The van der Waals surface area contributed by atoms with Gasteiger partial charge in [0.2, 0.25) is 10.0 Å². The van der Waals surface area contributed by atoms with Gasteiger partial charge in [-0.25, -0.2) is 8.42 Å². The van der Waals surface area contributed by atoms with Crippen molar-refractivity contribution in [3.63, 3.8) is 0 Å². The second-order valence-electron chi connectivity index (χ2n) is 7.26. The van der Waals surface area contributed by atoms with E-state index in [1.807, 2.05) is 37.3 Å². The van der Waals surface area contributed by atoms with Gasteiger partial charge in [-0.2, -0.15) is 4.72 Å². The fraction of sp³-hybridized carbons (Fsp3) is 0.208. The summed E-state index contributed by atoms with van der Waals surface area (Å²) in [6, 6.07) is 22.0. The zero-order valence-electron chi connectivity index (χ0n) is 17.2. The van der Waals surface area contributed by atoms with Gasteiger partial charge in [-0.05, 0) is 48.7 Å². The Bertz CT molecular complexity index is 1090. The van der Waals surface area contributed by atoms with Crippen molar-refractivity contribution >= 4 is 16.0 Å². The lowest BCUT2D eigenvalue weighted by Crippen LogP contribution is -2.42. The van der Waals surface area contributed by atoms with E-state index in [0.29, 0.717) is 17.9 Å². The number of ether oxygens (including phenoxy) is 1. The van der Waals surface area contributed by atoms with Gasteiger partial charge >= 0.3 is 5.97 Å². The molecule has 0 heterocycles. The molecule has 6 nitrogen and oxygen atoms in total. The molecule has 0 unspecified atom stereocenters. The molecule has 1 atom stereocenters. The van der Waals surface area contributed by atoms with Crippen molar-refractivity contribution in [2.45, 2.75) is 30.7 Å². The summed E-state index contributed by atoms with van der Waals surface area (Å²) in [5.74, 6) is -0.564. The second kappa shape index (κ2) is 10.2. The normalized spacial score (nSPS) is 12.3. The smallest absolute Gasteiger partial charge is 0.322 e. The molecule has 0 aliphatic carbocycles. The largest absolute Gasteiger partial charge is 0.493 e. The maximum atomic E-state index is 12.5. The predicted octanol–water partition coefficient (Wildman–Crippen LogP) is 3.59. The van der Waals surface area contributed by atoms with Crippen LogP contribution >= 0.6 is 0 Å². The number of aryl methyl sites for hydroxylation is 1. The van der Waals surface area contributed by atoms with Crippen LogP contribution in [0.25, 0.3) is 0 Å². The SMILES string of the molecule is Cc1ccc(S(=O)(=O)N[C@@H](Cc2ccc(OCCc3ccccc3)cc2)C(=O)O)cc1. The maximum absolute atomic E-state index is 12.5. The van der Waals surface area contributed by atoms with E-state index in [9.17, 15) is 18.3 Å². The number of hydrogen-bond acceptors (Lipinski definition) is 4. The third-order valence-corrected chi connectivity index (χ3v) is 6.28. The molecule has 0 aliphatic heterocycles. The molecule has 0 fully saturated rings. The van der Waals surface area contributed by atoms with E-state index in [1.165, 1.54) is 17.7 Å². The quantitative estimate of drug-likeness (QED) is 0.504. The average molecular weight is 440 g/mol. The average Bonchev–Trinajstić information content (AvgIpc) is 2.75. The van der Waals surface area contributed by atoms with Crippen molar-refractivity contribution in [2.24, 2.45) is 0 Å². The van der Waals surface area contributed by atoms with Crippen LogP contribution in [-0.4, -0.2) is 32.1 Å². The van der Waals surface area contributed by atoms with E-state index in [-0.39, 0.29) is 11.3 Å². The molecule has 0 radical (unpaired) electrons. The zero-order chi connectivity index (χ0) is 22.3. The molecule has 0 saturated heterocycles. The molecule has 2 N–H and O–H groups in total. The number of carboxylic acid groups (broad SMARTS) is 1. The first-order chi connectivity index (χ1) is 14.8. The third kappa shape index (κ3) is 6.67. The summed E-state index contributed by atoms with van der Waals surface area (Å²) in [5, 5.41) is 9.52. The van der Waals surface area contributed by atoms with Crippen LogP contribution in [0.1, 0.15) is 16.7 Å². The lowest BCUT2D eigenvalue weighted by molar-refractivity contribution is -0.138. The highest BCUT2D eigenvalue weighted by molar-refractivity contribution is 7.89. The number of carboxylic acids is 1. The Balaban J connectivity index is 1.59. The predicted molar refractivity (Wildman–Crippen MR) is 119 cm³/mol. The minimum atomic E-state index is -3.94. The molecular weight excluding hydrogens is 414 g/mol. The van der Waals surface area contributed by atoms with E-state index >= 15 is 0 Å². The minimum Gasteiger partial charge on any atom is -0.493 e. The Hall–Kier alpha value is -3.16. The van der Waals surface area contributed by atoms with E-state index in [2.05, 4.69) is 4.72 Å². The lowest BCUT2D eigenvalue weighted by Gasteiger charge is -2.15. The van der Waals surface area contributed by atoms with Gasteiger partial charge in [0.25, 0.3) is 0 Å². The summed E-state index contributed by atoms with van der Waals surface area (Å²) < 4.78 is 33.1. The molecule has 0 spiro atoms. The van der Waals surface area contributed by atoms with Gasteiger partial charge in [-0.1, -0.05) is 60.2 Å². The molecule has 0 aliphatic rings. The summed E-state index contributed by atoms with van der Waals surface area (Å²) >= 11 is 0. The Morgan fingerprint density at radius 1 is 0.935 bits per heavy atom. The molecule has 3 aromatic rings. The summed E-state index contributed by atoms with van der Waals surface area (Å²) in [4.78, 5) is 11.7. The summed E-state index contributed by atoms with van der Waals surface area (Å²) in [5.41, 5.74) is 2.79. The van der Waals surface area contributed by atoms with Crippen LogP contribution < -0.4 is 9.46 Å². The van der Waals surface area contributed by atoms with Crippen LogP contribution in [-0.2, 0) is 27.7 Å². The van der Waals surface area contributed by atoms with E-state index in [1.54, 1.807) is 36.4 Å². The van der Waals surface area contributed by atoms with Gasteiger partial charge in [0.15, 0.2) is 0 Å². The first-order valence-corrected chi connectivity index (χ1v) is 11.4. The molecule has 162 valence electrons. The van der Waals surface area contributed by atoms with Crippen LogP contribution in [0.2, 0.25) is 0 Å². The number of carbonyl (C=O) groups is 1. The van der Waals surface area contributed by atoms with Crippen molar-refractivity contribution in [1.29, 1.82) is 0 Å². The van der Waals surface area contributed by atoms with E-state index < -0.39 is 22.0 Å². The highest BCUT2D eigenvalue weighted by Gasteiger charge is 2.25. The van der Waals surface area contributed by atoms with Gasteiger partial charge in [-0.3, -0.25) is 4.79 Å². The minimum absolute atomic E-state index is 0.0186. The van der Waals surface area contributed by atoms with Crippen molar-refractivity contribution in [3.8, 4) is 5.75 Å². The molecule has 31 heavy (non-hydrogen) atoms. The molecule has 0 aromatic heterocycles. The molecule has 3 aromatic carbocycles. The highest BCUT2D eigenvalue weighted by Crippen LogP contribution is 2.16. The number of benzene rings is 3. The first-order valence-electron chi connectivity index (χ1n) is 9.91. The number of aliphatic carboxylic acids is 1. The fourth-order valence-corrected chi connectivity index (χ4v) is 4.23. The lowest BCUT2D eigenvalue weighted by atomic mass is 10.1. The molecule has 0 bridgehead atoms. The maximum Gasteiger partial charge on any atom is 0.322 e. The number of hydrogen-bond donors (Lipinski definition) is 2. The van der Waals surface area contributed by atoms with Crippen LogP contribution in [0.3, 0.4) is 0 Å². The van der Waals surface area contributed by atoms with Crippen LogP contribution in [0.5, 0.6) is 5.75 Å². The first kappa shape index (κ1) is 22.5. The summed E-state index contributed by atoms with van der Waals surface area (Å²) in [6.07, 6.45) is 0.801. The molecule has 7 heteroatoms. The zero-order valence-corrected chi connectivity index (χ0v) is 18.0. The van der Waals surface area contributed by atoms with Gasteiger partial charge in [0.05, 0.1) is 11.5 Å². The molecular formula is C24H25NO5S. The molecule has 0 saturated carbocycles. The van der Waals surface area contributed by atoms with Crippen LogP contribution in [0, 0.1) is 6.92 Å². The Morgan fingerprint density at radius 3 is 2.19 bits per heavy atom. The molecule has 3 rings (SSSR count). The monoisotopic (exact) mass is 439 g/mol. The third-order valence-electron chi connectivity index (χ3n) is 4.79. The number of nitrogens with one attached hydrogen (secondary N) is 1. The van der Waals surface area contributed by atoms with Gasteiger partial charge < -0.3 is 9.84 Å². The molecule has 0 amide bonds. The Kier molecular flexibility index (Phi) is 7.44. The van der Waals surface area contributed by atoms with Crippen LogP contribution in [0.4, 0.5) is 0 Å². The topological polar surface area (TPSA) is 92.7 Å². The summed E-state index contributed by atoms with van der Waals surface area (Å²) in [7, 11) is -3.94. The second-order valence-corrected chi connectivity index (χ2v) is 8.97. The van der Waals surface area contributed by atoms with E-state index in [0.717, 1.165) is 12.0 Å². The van der Waals surface area contributed by atoms with Crippen molar-refractivity contribution in [2.75, 3.05) is 6.61 Å². The highest BCUT2D eigenvalue weighted by atomic mass is 32.2. The van der Waals surface area contributed by atoms with Gasteiger partial charge in [-0.15, -0.1) is 0 Å². The number of sulfonamides is 1. The van der Waals surface area contributed by atoms with Crippen molar-refractivity contribution in [1.82, 2.24) is 4.72 Å². The van der Waals surface area contributed by atoms with E-state index in [4.69, 9.17) is 4.74 Å². The van der Waals surface area contributed by atoms with Gasteiger partial charge in [0, 0.05) is 6.42 Å². The van der Waals surface area contributed by atoms with Crippen molar-refractivity contribution in [3.05, 3.63) is 95.6 Å². The van der Waals surface area contributed by atoms with Crippen molar-refractivity contribution < 1.29 is 23.1 Å². The summed E-state index contributed by atoms with van der Waals surface area (Å²) in [6.45, 7) is 2.37. The Morgan fingerprint density at radius 2 is 1.58 bits per heavy atom. The fourth-order valence-electron chi connectivity index (χ4n) is 3.04. The number of rotatable bonds is 10. The Labute approximate surface area is 182 Å². The van der Waals surface area contributed by atoms with Crippen LogP contribution in [0.15, 0.2) is 83.8 Å².